The lowest BCUT2D eigenvalue weighted by Gasteiger charge is -2.12. The van der Waals surface area contributed by atoms with Gasteiger partial charge in [-0.2, -0.15) is 0 Å². The van der Waals surface area contributed by atoms with Crippen LogP contribution >= 0.6 is 23.4 Å². The summed E-state index contributed by atoms with van der Waals surface area (Å²) in [5.74, 6) is 0.381. The van der Waals surface area contributed by atoms with Crippen molar-refractivity contribution >= 4 is 35.3 Å². The molecule has 1 aliphatic carbocycles. The molecule has 0 saturated heterocycles. The van der Waals surface area contributed by atoms with E-state index in [0.717, 1.165) is 36.8 Å². The van der Waals surface area contributed by atoms with Crippen molar-refractivity contribution in [3.05, 3.63) is 65.2 Å². The van der Waals surface area contributed by atoms with Gasteiger partial charge in [-0.25, -0.2) is 4.79 Å². The van der Waals surface area contributed by atoms with Crippen LogP contribution in [0.25, 0.3) is 11.4 Å². The molecule has 1 aromatic heterocycles. The molecule has 1 saturated carbocycles. The van der Waals surface area contributed by atoms with E-state index in [-0.39, 0.29) is 17.7 Å². The van der Waals surface area contributed by atoms with Crippen LogP contribution in [-0.2, 0) is 11.3 Å². The molecular weight excluding hydrogens is 446 g/mol. The van der Waals surface area contributed by atoms with Gasteiger partial charge >= 0.3 is 6.03 Å². The zero-order valence-corrected chi connectivity index (χ0v) is 19.0. The van der Waals surface area contributed by atoms with Crippen molar-refractivity contribution in [1.29, 1.82) is 0 Å². The molecule has 7 nitrogen and oxygen atoms in total. The molecule has 9 heteroatoms. The molecule has 3 amide bonds. The van der Waals surface area contributed by atoms with Gasteiger partial charge in [-0.1, -0.05) is 66.5 Å². The van der Waals surface area contributed by atoms with Gasteiger partial charge in [0.05, 0.1) is 12.3 Å². The molecule has 2 aromatic carbocycles. The summed E-state index contributed by atoms with van der Waals surface area (Å²) in [7, 11) is 0. The maximum absolute atomic E-state index is 12.3. The van der Waals surface area contributed by atoms with Crippen LogP contribution in [0.5, 0.6) is 0 Å². The Hall–Kier alpha value is -2.84. The summed E-state index contributed by atoms with van der Waals surface area (Å²) in [5, 5.41) is 15.2. The summed E-state index contributed by atoms with van der Waals surface area (Å²) in [5.41, 5.74) is 1.97. The number of urea groups is 1. The van der Waals surface area contributed by atoms with Crippen molar-refractivity contribution in [2.45, 2.75) is 43.4 Å². The number of carbonyl (C=O) groups is 2. The van der Waals surface area contributed by atoms with Crippen LogP contribution < -0.4 is 10.6 Å². The average Bonchev–Trinajstić information content (AvgIpc) is 3.44. The lowest BCUT2D eigenvalue weighted by molar-refractivity contribution is -0.117. The number of carbonyl (C=O) groups excluding carboxylic acids is 2. The molecule has 1 heterocycles. The van der Waals surface area contributed by atoms with Crippen LogP contribution in [0.2, 0.25) is 5.02 Å². The number of halogens is 1. The number of amides is 3. The number of thioether (sulfide) groups is 1. The fourth-order valence-electron chi connectivity index (χ4n) is 3.70. The first kappa shape index (κ1) is 22.4. The standard InChI is InChI=1S/C23H24ClN5O2S/c24-18-12-10-17(11-13-18)21-27-28-23(29(21)14-16-6-2-1-3-7-16)32-15-20(30)26-22(31)25-19-8-4-5-9-19/h1-3,6-7,10-13,19H,4-5,8-9,14-15H2,(H2,25,26,30,31). The van der Waals surface area contributed by atoms with E-state index < -0.39 is 6.03 Å². The van der Waals surface area contributed by atoms with Gasteiger partial charge in [0.1, 0.15) is 0 Å². The molecule has 0 radical (unpaired) electrons. The highest BCUT2D eigenvalue weighted by Gasteiger charge is 2.20. The number of nitrogens with one attached hydrogen (secondary N) is 2. The van der Waals surface area contributed by atoms with Crippen LogP contribution in [0, 0.1) is 0 Å². The quantitative estimate of drug-likeness (QED) is 0.497. The van der Waals surface area contributed by atoms with E-state index in [2.05, 4.69) is 20.8 Å². The second-order valence-corrected chi connectivity index (χ2v) is 9.06. The summed E-state index contributed by atoms with van der Waals surface area (Å²) in [6.07, 6.45) is 4.16. The third-order valence-corrected chi connectivity index (χ3v) is 6.50. The average molecular weight is 470 g/mol. The van der Waals surface area contributed by atoms with Gasteiger partial charge in [-0.05, 0) is 42.7 Å². The van der Waals surface area contributed by atoms with E-state index in [1.165, 1.54) is 11.8 Å². The molecule has 1 aliphatic rings. The Kier molecular flexibility index (Phi) is 7.44. The molecule has 0 atom stereocenters. The van der Waals surface area contributed by atoms with E-state index in [1.54, 1.807) is 0 Å². The number of nitrogens with zero attached hydrogens (tertiary/aromatic N) is 3. The second-order valence-electron chi connectivity index (χ2n) is 7.68. The Balaban J connectivity index is 1.45. The molecule has 0 aliphatic heterocycles. The lowest BCUT2D eigenvalue weighted by Crippen LogP contribution is -2.44. The molecule has 4 rings (SSSR count). The molecule has 1 fully saturated rings. The molecule has 32 heavy (non-hydrogen) atoms. The Labute approximate surface area is 196 Å². The Morgan fingerprint density at radius 1 is 1.03 bits per heavy atom. The zero-order chi connectivity index (χ0) is 22.3. The van der Waals surface area contributed by atoms with E-state index in [1.807, 2.05) is 59.2 Å². The van der Waals surface area contributed by atoms with E-state index in [4.69, 9.17) is 11.6 Å². The van der Waals surface area contributed by atoms with Crippen molar-refractivity contribution in [1.82, 2.24) is 25.4 Å². The van der Waals surface area contributed by atoms with Crippen molar-refractivity contribution in [2.75, 3.05) is 5.75 Å². The van der Waals surface area contributed by atoms with Crippen LogP contribution in [0.4, 0.5) is 4.79 Å². The molecule has 0 spiro atoms. The summed E-state index contributed by atoms with van der Waals surface area (Å²) in [4.78, 5) is 24.4. The monoisotopic (exact) mass is 469 g/mol. The van der Waals surface area contributed by atoms with Crippen molar-refractivity contribution < 1.29 is 9.59 Å². The number of benzene rings is 2. The summed E-state index contributed by atoms with van der Waals surface area (Å²) in [6, 6.07) is 17.1. The number of imide groups is 1. The molecule has 0 bridgehead atoms. The minimum Gasteiger partial charge on any atom is -0.335 e. The summed E-state index contributed by atoms with van der Waals surface area (Å²) >= 11 is 7.28. The highest BCUT2D eigenvalue weighted by atomic mass is 35.5. The van der Waals surface area contributed by atoms with Gasteiger partial charge < -0.3 is 5.32 Å². The SMILES string of the molecule is O=C(CSc1nnc(-c2ccc(Cl)cc2)n1Cc1ccccc1)NC(=O)NC1CCCC1. The first-order valence-electron chi connectivity index (χ1n) is 10.5. The molecule has 3 aromatic rings. The van der Waals surface area contributed by atoms with Crippen LogP contribution in [0.15, 0.2) is 59.8 Å². The maximum Gasteiger partial charge on any atom is 0.321 e. The highest BCUT2D eigenvalue weighted by molar-refractivity contribution is 7.99. The third-order valence-electron chi connectivity index (χ3n) is 5.28. The predicted molar refractivity (Wildman–Crippen MR) is 126 cm³/mol. The molecule has 166 valence electrons. The van der Waals surface area contributed by atoms with Gasteiger partial charge in [-0.15, -0.1) is 10.2 Å². The number of hydrogen-bond acceptors (Lipinski definition) is 5. The number of hydrogen-bond donors (Lipinski definition) is 2. The van der Waals surface area contributed by atoms with Crippen LogP contribution in [0.1, 0.15) is 31.2 Å². The minimum atomic E-state index is -0.435. The minimum absolute atomic E-state index is 0.0611. The van der Waals surface area contributed by atoms with E-state index in [0.29, 0.717) is 22.5 Å². The zero-order valence-electron chi connectivity index (χ0n) is 17.5. The van der Waals surface area contributed by atoms with Crippen LogP contribution in [-0.4, -0.2) is 38.5 Å². The molecule has 0 unspecified atom stereocenters. The van der Waals surface area contributed by atoms with Crippen molar-refractivity contribution in [2.24, 2.45) is 0 Å². The molecular formula is C23H24ClN5O2S. The van der Waals surface area contributed by atoms with Crippen LogP contribution in [0.3, 0.4) is 0 Å². The van der Waals surface area contributed by atoms with Gasteiger partial charge in [0.2, 0.25) is 5.91 Å². The van der Waals surface area contributed by atoms with E-state index in [9.17, 15) is 9.59 Å². The fraction of sp³-hybridized carbons (Fsp3) is 0.304. The molecule has 2 N–H and O–H groups in total. The first-order chi connectivity index (χ1) is 15.6. The van der Waals surface area contributed by atoms with E-state index >= 15 is 0 Å². The largest absolute Gasteiger partial charge is 0.335 e. The first-order valence-corrected chi connectivity index (χ1v) is 11.9. The maximum atomic E-state index is 12.3. The smallest absolute Gasteiger partial charge is 0.321 e. The topological polar surface area (TPSA) is 88.9 Å². The number of rotatable bonds is 7. The van der Waals surface area contributed by atoms with Gasteiger partial charge in [0.25, 0.3) is 0 Å². The van der Waals surface area contributed by atoms with Crippen molar-refractivity contribution in [3.63, 3.8) is 0 Å². The fourth-order valence-corrected chi connectivity index (χ4v) is 4.56. The summed E-state index contributed by atoms with van der Waals surface area (Å²) < 4.78 is 1.97. The van der Waals surface area contributed by atoms with Gasteiger partial charge in [0.15, 0.2) is 11.0 Å². The number of aromatic nitrogens is 3. The Morgan fingerprint density at radius 3 is 2.47 bits per heavy atom. The predicted octanol–water partition coefficient (Wildman–Crippen LogP) is 4.51. The Morgan fingerprint density at radius 2 is 1.75 bits per heavy atom. The normalized spacial score (nSPS) is 13.8. The summed E-state index contributed by atoms with van der Waals surface area (Å²) in [6.45, 7) is 0.553. The second kappa shape index (κ2) is 10.7. The highest BCUT2D eigenvalue weighted by Crippen LogP contribution is 2.26. The lowest BCUT2D eigenvalue weighted by atomic mass is 10.2. The Bertz CT molecular complexity index is 1070. The van der Waals surface area contributed by atoms with Gasteiger partial charge in [0, 0.05) is 16.6 Å². The van der Waals surface area contributed by atoms with Crippen molar-refractivity contribution in [3.8, 4) is 11.4 Å². The third kappa shape index (κ3) is 5.89. The van der Waals surface area contributed by atoms with Gasteiger partial charge in [-0.3, -0.25) is 14.7 Å².